The Morgan fingerprint density at radius 1 is 1.08 bits per heavy atom. The average molecular weight is 349 g/mol. The molecule has 0 amide bonds. The van der Waals surface area contributed by atoms with Gasteiger partial charge in [-0.15, -0.1) is 0 Å². The highest BCUT2D eigenvalue weighted by Crippen LogP contribution is 2.25. The van der Waals surface area contributed by atoms with E-state index in [0.717, 1.165) is 17.0 Å². The summed E-state index contributed by atoms with van der Waals surface area (Å²) in [5, 5.41) is 5.40. The van der Waals surface area contributed by atoms with Gasteiger partial charge in [0, 0.05) is 24.4 Å². The zero-order valence-electron chi connectivity index (χ0n) is 13.5. The molecule has 0 atom stereocenters. The van der Waals surface area contributed by atoms with Gasteiger partial charge in [0.2, 0.25) is 0 Å². The molecule has 4 aromatic rings. The van der Waals surface area contributed by atoms with E-state index < -0.39 is 0 Å². The van der Waals surface area contributed by atoms with Crippen LogP contribution in [0.5, 0.6) is 0 Å². The SMILES string of the molecule is Cn1c(SCc2cc(-c3ccccc3)on2)nc2ccccc2c1=O. The van der Waals surface area contributed by atoms with E-state index in [-0.39, 0.29) is 5.56 Å². The second-order valence-electron chi connectivity index (χ2n) is 5.61. The Hall–Kier alpha value is -2.86. The zero-order valence-corrected chi connectivity index (χ0v) is 14.4. The first kappa shape index (κ1) is 15.7. The number of benzene rings is 2. The van der Waals surface area contributed by atoms with Gasteiger partial charge in [-0.25, -0.2) is 4.98 Å². The van der Waals surface area contributed by atoms with Crippen molar-refractivity contribution in [1.82, 2.24) is 14.7 Å². The topological polar surface area (TPSA) is 60.9 Å². The summed E-state index contributed by atoms with van der Waals surface area (Å²) < 4.78 is 6.99. The van der Waals surface area contributed by atoms with Crippen LogP contribution in [0.4, 0.5) is 0 Å². The van der Waals surface area contributed by atoms with Crippen LogP contribution < -0.4 is 5.56 Å². The van der Waals surface area contributed by atoms with Crippen molar-refractivity contribution in [3.63, 3.8) is 0 Å². The molecule has 0 aliphatic carbocycles. The van der Waals surface area contributed by atoms with Crippen LogP contribution in [-0.2, 0) is 12.8 Å². The summed E-state index contributed by atoms with van der Waals surface area (Å²) in [6.45, 7) is 0. The van der Waals surface area contributed by atoms with Gasteiger partial charge in [-0.3, -0.25) is 9.36 Å². The van der Waals surface area contributed by atoms with E-state index in [9.17, 15) is 4.79 Å². The van der Waals surface area contributed by atoms with Gasteiger partial charge >= 0.3 is 0 Å². The Morgan fingerprint density at radius 3 is 2.68 bits per heavy atom. The fourth-order valence-electron chi connectivity index (χ4n) is 2.58. The molecule has 6 heteroatoms. The molecule has 0 fully saturated rings. The van der Waals surface area contributed by atoms with E-state index in [1.54, 1.807) is 17.7 Å². The number of hydrogen-bond donors (Lipinski definition) is 0. The number of thioether (sulfide) groups is 1. The highest BCUT2D eigenvalue weighted by molar-refractivity contribution is 7.98. The molecule has 0 N–H and O–H groups in total. The van der Waals surface area contributed by atoms with Crippen molar-refractivity contribution in [2.75, 3.05) is 0 Å². The number of para-hydroxylation sites is 1. The van der Waals surface area contributed by atoms with Crippen LogP contribution in [0, 0.1) is 0 Å². The predicted molar refractivity (Wildman–Crippen MR) is 98.5 cm³/mol. The maximum absolute atomic E-state index is 12.4. The van der Waals surface area contributed by atoms with E-state index in [2.05, 4.69) is 10.1 Å². The molecule has 0 spiro atoms. The number of rotatable bonds is 4. The third kappa shape index (κ3) is 3.08. The smallest absolute Gasteiger partial charge is 0.261 e. The Bertz CT molecular complexity index is 1090. The highest BCUT2D eigenvalue weighted by atomic mass is 32.2. The van der Waals surface area contributed by atoms with Gasteiger partial charge in [-0.1, -0.05) is 59.4 Å². The molecule has 2 aromatic carbocycles. The predicted octanol–water partition coefficient (Wildman–Crippen LogP) is 3.88. The van der Waals surface area contributed by atoms with Crippen molar-refractivity contribution >= 4 is 22.7 Å². The van der Waals surface area contributed by atoms with E-state index in [0.29, 0.717) is 21.8 Å². The Kier molecular flexibility index (Phi) is 4.11. The minimum Gasteiger partial charge on any atom is -0.356 e. The molecule has 0 saturated carbocycles. The molecule has 2 aromatic heterocycles. The van der Waals surface area contributed by atoms with E-state index in [4.69, 9.17) is 4.52 Å². The molecule has 0 unspecified atom stereocenters. The third-order valence-corrected chi connectivity index (χ3v) is 4.97. The molecular formula is C19H15N3O2S. The first-order valence-electron chi connectivity index (χ1n) is 7.82. The van der Waals surface area contributed by atoms with Gasteiger partial charge in [0.15, 0.2) is 10.9 Å². The summed E-state index contributed by atoms with van der Waals surface area (Å²) in [6.07, 6.45) is 0. The van der Waals surface area contributed by atoms with Crippen molar-refractivity contribution in [2.24, 2.45) is 7.05 Å². The van der Waals surface area contributed by atoms with Crippen molar-refractivity contribution < 1.29 is 4.52 Å². The van der Waals surface area contributed by atoms with Gasteiger partial charge in [0.1, 0.15) is 0 Å². The monoisotopic (exact) mass is 349 g/mol. The summed E-state index contributed by atoms with van der Waals surface area (Å²) in [7, 11) is 1.74. The molecule has 2 heterocycles. The molecule has 124 valence electrons. The van der Waals surface area contributed by atoms with E-state index >= 15 is 0 Å². The second kappa shape index (κ2) is 6.57. The van der Waals surface area contributed by atoms with Crippen LogP contribution >= 0.6 is 11.8 Å². The Morgan fingerprint density at radius 2 is 1.84 bits per heavy atom. The second-order valence-corrected chi connectivity index (χ2v) is 6.56. The molecule has 0 radical (unpaired) electrons. The maximum Gasteiger partial charge on any atom is 0.261 e. The summed E-state index contributed by atoms with van der Waals surface area (Å²) in [4.78, 5) is 17.0. The molecule has 0 bridgehead atoms. The van der Waals surface area contributed by atoms with Crippen LogP contribution in [0.3, 0.4) is 0 Å². The minimum absolute atomic E-state index is 0.0433. The largest absolute Gasteiger partial charge is 0.356 e. The summed E-state index contributed by atoms with van der Waals surface area (Å²) >= 11 is 1.47. The lowest BCUT2D eigenvalue weighted by molar-refractivity contribution is 0.426. The fraction of sp³-hybridized carbons (Fsp3) is 0.105. The normalized spacial score (nSPS) is 11.1. The number of nitrogens with zero attached hydrogens (tertiary/aromatic N) is 3. The maximum atomic E-state index is 12.4. The molecule has 25 heavy (non-hydrogen) atoms. The highest BCUT2D eigenvalue weighted by Gasteiger charge is 2.11. The van der Waals surface area contributed by atoms with Crippen molar-refractivity contribution in [1.29, 1.82) is 0 Å². The summed E-state index contributed by atoms with van der Waals surface area (Å²) in [5.41, 5.74) is 2.46. The summed E-state index contributed by atoms with van der Waals surface area (Å²) in [5.74, 6) is 1.31. The van der Waals surface area contributed by atoms with Gasteiger partial charge in [-0.2, -0.15) is 0 Å². The first-order valence-corrected chi connectivity index (χ1v) is 8.80. The Labute approximate surface area is 148 Å². The molecule has 5 nitrogen and oxygen atoms in total. The average Bonchev–Trinajstić information content (AvgIpc) is 3.13. The lowest BCUT2D eigenvalue weighted by Crippen LogP contribution is -2.19. The van der Waals surface area contributed by atoms with Crippen LogP contribution in [0.2, 0.25) is 0 Å². The van der Waals surface area contributed by atoms with Crippen LogP contribution in [0.25, 0.3) is 22.2 Å². The van der Waals surface area contributed by atoms with Crippen LogP contribution in [0.15, 0.2) is 75.1 Å². The quantitative estimate of drug-likeness (QED) is 0.413. The Balaban J connectivity index is 1.58. The van der Waals surface area contributed by atoms with E-state index in [1.165, 1.54) is 11.8 Å². The molecule has 0 aliphatic heterocycles. The standard InChI is InChI=1S/C19H15N3O2S/c1-22-18(23)15-9-5-6-10-16(15)20-19(22)25-12-14-11-17(24-21-14)13-7-3-2-4-8-13/h2-11H,12H2,1H3. The van der Waals surface area contributed by atoms with Gasteiger partial charge in [-0.05, 0) is 12.1 Å². The van der Waals surface area contributed by atoms with Gasteiger partial charge < -0.3 is 4.52 Å². The van der Waals surface area contributed by atoms with Crippen molar-refractivity contribution in [3.05, 3.63) is 76.7 Å². The number of fused-ring (bicyclic) bond motifs is 1. The lowest BCUT2D eigenvalue weighted by Gasteiger charge is -2.07. The summed E-state index contributed by atoms with van der Waals surface area (Å²) in [6, 6.07) is 19.1. The van der Waals surface area contributed by atoms with Gasteiger partial charge in [0.25, 0.3) is 5.56 Å². The van der Waals surface area contributed by atoms with Gasteiger partial charge in [0.05, 0.1) is 16.6 Å². The fourth-order valence-corrected chi connectivity index (χ4v) is 3.44. The molecule has 0 aliphatic rings. The molecule has 4 rings (SSSR count). The minimum atomic E-state index is -0.0433. The molecular weight excluding hydrogens is 334 g/mol. The van der Waals surface area contributed by atoms with Crippen LogP contribution in [-0.4, -0.2) is 14.7 Å². The third-order valence-electron chi connectivity index (χ3n) is 3.91. The lowest BCUT2D eigenvalue weighted by atomic mass is 10.2. The number of hydrogen-bond acceptors (Lipinski definition) is 5. The van der Waals surface area contributed by atoms with E-state index in [1.807, 2.05) is 54.6 Å². The van der Waals surface area contributed by atoms with Crippen molar-refractivity contribution in [3.8, 4) is 11.3 Å². The first-order chi connectivity index (χ1) is 12.2. The van der Waals surface area contributed by atoms with Crippen LogP contribution in [0.1, 0.15) is 5.69 Å². The zero-order chi connectivity index (χ0) is 17.2. The molecule has 0 saturated heterocycles. The number of aromatic nitrogens is 3. The van der Waals surface area contributed by atoms with Crippen molar-refractivity contribution in [2.45, 2.75) is 10.9 Å².